The van der Waals surface area contributed by atoms with E-state index in [9.17, 15) is 5.11 Å². The Morgan fingerprint density at radius 3 is 2.87 bits per heavy atom. The average Bonchev–Trinajstić information content (AvgIpc) is 2.22. The van der Waals surface area contributed by atoms with Gasteiger partial charge in [-0.05, 0) is 30.9 Å². The number of methoxy groups -OCH3 is 1. The van der Waals surface area contributed by atoms with Crippen LogP contribution >= 0.6 is 15.9 Å². The molecule has 0 aromatic heterocycles. The summed E-state index contributed by atoms with van der Waals surface area (Å²) in [5.74, 6) is 0. The molecule has 0 heterocycles. The second-order valence-electron chi connectivity index (χ2n) is 3.63. The first-order valence-electron chi connectivity index (χ1n) is 5.09. The quantitative estimate of drug-likeness (QED) is 0.835. The Labute approximate surface area is 99.4 Å². The molecule has 84 valence electrons. The van der Waals surface area contributed by atoms with Gasteiger partial charge in [0, 0.05) is 18.2 Å². The van der Waals surface area contributed by atoms with Gasteiger partial charge in [-0.25, -0.2) is 0 Å². The maximum absolute atomic E-state index is 9.97. The van der Waals surface area contributed by atoms with Crippen molar-refractivity contribution in [2.75, 3.05) is 13.7 Å². The zero-order valence-electron chi connectivity index (χ0n) is 9.16. The SMILES string of the molecule is COCCCC(O)c1cccc(C)c1Br. The van der Waals surface area contributed by atoms with Gasteiger partial charge >= 0.3 is 0 Å². The first-order valence-corrected chi connectivity index (χ1v) is 5.88. The molecule has 1 aromatic carbocycles. The Kier molecular flexibility index (Phi) is 5.29. The van der Waals surface area contributed by atoms with Crippen LogP contribution < -0.4 is 0 Å². The van der Waals surface area contributed by atoms with Crippen LogP contribution in [0, 0.1) is 6.92 Å². The van der Waals surface area contributed by atoms with Crippen LogP contribution in [-0.4, -0.2) is 18.8 Å². The Morgan fingerprint density at radius 2 is 2.20 bits per heavy atom. The van der Waals surface area contributed by atoms with Crippen LogP contribution in [0.5, 0.6) is 0 Å². The second-order valence-corrected chi connectivity index (χ2v) is 4.42. The maximum atomic E-state index is 9.97. The highest BCUT2D eigenvalue weighted by Crippen LogP contribution is 2.28. The minimum absolute atomic E-state index is 0.408. The monoisotopic (exact) mass is 272 g/mol. The van der Waals surface area contributed by atoms with Crippen LogP contribution in [0.2, 0.25) is 0 Å². The van der Waals surface area contributed by atoms with Gasteiger partial charge in [-0.15, -0.1) is 0 Å². The third-order valence-corrected chi connectivity index (χ3v) is 3.49. The van der Waals surface area contributed by atoms with Gasteiger partial charge in [0.05, 0.1) is 6.10 Å². The average molecular weight is 273 g/mol. The molecule has 2 nitrogen and oxygen atoms in total. The summed E-state index contributed by atoms with van der Waals surface area (Å²) in [6, 6.07) is 5.94. The lowest BCUT2D eigenvalue weighted by molar-refractivity contribution is 0.135. The van der Waals surface area contributed by atoms with Gasteiger partial charge < -0.3 is 9.84 Å². The molecule has 1 N–H and O–H groups in total. The minimum Gasteiger partial charge on any atom is -0.388 e. The van der Waals surface area contributed by atoms with Gasteiger partial charge in [0.25, 0.3) is 0 Å². The van der Waals surface area contributed by atoms with Crippen LogP contribution in [0.25, 0.3) is 0 Å². The van der Waals surface area contributed by atoms with E-state index in [1.807, 2.05) is 25.1 Å². The lowest BCUT2D eigenvalue weighted by atomic mass is 10.0. The molecule has 15 heavy (non-hydrogen) atoms. The summed E-state index contributed by atoms with van der Waals surface area (Å²) in [7, 11) is 1.68. The number of aliphatic hydroxyl groups excluding tert-OH is 1. The molecular weight excluding hydrogens is 256 g/mol. The Morgan fingerprint density at radius 1 is 1.47 bits per heavy atom. The van der Waals surface area contributed by atoms with Gasteiger partial charge in [-0.2, -0.15) is 0 Å². The van der Waals surface area contributed by atoms with Crippen LogP contribution in [0.15, 0.2) is 22.7 Å². The molecule has 0 bridgehead atoms. The van der Waals surface area contributed by atoms with Crippen LogP contribution in [0.4, 0.5) is 0 Å². The molecule has 0 aliphatic rings. The molecule has 0 amide bonds. The van der Waals surface area contributed by atoms with Crippen molar-refractivity contribution in [1.82, 2.24) is 0 Å². The Balaban J connectivity index is 2.65. The maximum Gasteiger partial charge on any atom is 0.0801 e. The van der Waals surface area contributed by atoms with E-state index in [0.717, 1.165) is 28.4 Å². The first kappa shape index (κ1) is 12.7. The van der Waals surface area contributed by atoms with E-state index in [1.54, 1.807) is 7.11 Å². The number of rotatable bonds is 5. The molecule has 0 aliphatic carbocycles. The molecule has 0 aliphatic heterocycles. The van der Waals surface area contributed by atoms with Crippen molar-refractivity contribution < 1.29 is 9.84 Å². The summed E-state index contributed by atoms with van der Waals surface area (Å²) in [6.07, 6.45) is 1.20. The first-order chi connectivity index (χ1) is 7.16. The largest absolute Gasteiger partial charge is 0.388 e. The fourth-order valence-electron chi connectivity index (χ4n) is 1.50. The highest BCUT2D eigenvalue weighted by Gasteiger charge is 2.11. The lowest BCUT2D eigenvalue weighted by Gasteiger charge is -2.13. The summed E-state index contributed by atoms with van der Waals surface area (Å²) in [5, 5.41) is 9.97. The minimum atomic E-state index is -0.408. The Hall–Kier alpha value is -0.380. The van der Waals surface area contributed by atoms with Crippen molar-refractivity contribution in [2.45, 2.75) is 25.9 Å². The smallest absolute Gasteiger partial charge is 0.0801 e. The third kappa shape index (κ3) is 3.59. The summed E-state index contributed by atoms with van der Waals surface area (Å²) >= 11 is 3.50. The van der Waals surface area contributed by atoms with Gasteiger partial charge in [-0.1, -0.05) is 34.1 Å². The van der Waals surface area contributed by atoms with Crippen molar-refractivity contribution in [2.24, 2.45) is 0 Å². The normalized spacial score (nSPS) is 12.8. The molecule has 1 aromatic rings. The highest BCUT2D eigenvalue weighted by molar-refractivity contribution is 9.10. The molecule has 0 saturated heterocycles. The van der Waals surface area contributed by atoms with E-state index >= 15 is 0 Å². The number of ether oxygens (including phenoxy) is 1. The molecule has 0 saturated carbocycles. The number of halogens is 1. The van der Waals surface area contributed by atoms with Crippen LogP contribution in [0.1, 0.15) is 30.1 Å². The number of aryl methyl sites for hydroxylation is 1. The second kappa shape index (κ2) is 6.26. The van der Waals surface area contributed by atoms with Gasteiger partial charge in [0.2, 0.25) is 0 Å². The molecule has 0 fully saturated rings. The number of hydrogen-bond donors (Lipinski definition) is 1. The summed E-state index contributed by atoms with van der Waals surface area (Å²) in [4.78, 5) is 0. The van der Waals surface area contributed by atoms with Crippen molar-refractivity contribution in [3.05, 3.63) is 33.8 Å². The molecule has 1 rings (SSSR count). The van der Waals surface area contributed by atoms with Gasteiger partial charge in [0.1, 0.15) is 0 Å². The topological polar surface area (TPSA) is 29.5 Å². The van der Waals surface area contributed by atoms with Gasteiger partial charge in [0.15, 0.2) is 0 Å². The number of hydrogen-bond acceptors (Lipinski definition) is 2. The van der Waals surface area contributed by atoms with Gasteiger partial charge in [-0.3, -0.25) is 0 Å². The standard InChI is InChI=1S/C12H17BrO2/c1-9-5-3-6-10(12(9)13)11(14)7-4-8-15-2/h3,5-6,11,14H,4,7-8H2,1-2H3. The summed E-state index contributed by atoms with van der Waals surface area (Å²) < 4.78 is 5.97. The van der Waals surface area contributed by atoms with E-state index in [1.165, 1.54) is 0 Å². The van der Waals surface area contributed by atoms with E-state index in [0.29, 0.717) is 6.61 Å². The van der Waals surface area contributed by atoms with Crippen molar-refractivity contribution in [3.8, 4) is 0 Å². The highest BCUT2D eigenvalue weighted by atomic mass is 79.9. The van der Waals surface area contributed by atoms with Crippen molar-refractivity contribution in [3.63, 3.8) is 0 Å². The molecule has 0 spiro atoms. The number of benzene rings is 1. The van der Waals surface area contributed by atoms with E-state index in [2.05, 4.69) is 15.9 Å². The summed E-state index contributed by atoms with van der Waals surface area (Å²) in [5.41, 5.74) is 2.12. The molecule has 3 heteroatoms. The zero-order valence-corrected chi connectivity index (χ0v) is 10.8. The van der Waals surface area contributed by atoms with Crippen molar-refractivity contribution in [1.29, 1.82) is 0 Å². The lowest BCUT2D eigenvalue weighted by Crippen LogP contribution is -2.01. The zero-order chi connectivity index (χ0) is 11.3. The fraction of sp³-hybridized carbons (Fsp3) is 0.500. The van der Waals surface area contributed by atoms with E-state index in [-0.39, 0.29) is 0 Å². The number of aliphatic hydroxyl groups is 1. The third-order valence-electron chi connectivity index (χ3n) is 2.41. The van der Waals surface area contributed by atoms with Crippen LogP contribution in [-0.2, 0) is 4.74 Å². The van der Waals surface area contributed by atoms with Crippen LogP contribution in [0.3, 0.4) is 0 Å². The van der Waals surface area contributed by atoms with Crippen molar-refractivity contribution >= 4 is 15.9 Å². The molecule has 1 unspecified atom stereocenters. The molecule has 0 radical (unpaired) electrons. The summed E-state index contributed by atoms with van der Waals surface area (Å²) in [6.45, 7) is 2.72. The van der Waals surface area contributed by atoms with E-state index < -0.39 is 6.10 Å². The fourth-order valence-corrected chi connectivity index (χ4v) is 2.03. The predicted molar refractivity (Wildman–Crippen MR) is 64.9 cm³/mol. The predicted octanol–water partition coefficient (Wildman–Crippen LogP) is 3.22. The van der Waals surface area contributed by atoms with E-state index in [4.69, 9.17) is 4.74 Å². The Bertz CT molecular complexity index is 312. The molecular formula is C12H17BrO2. The molecule has 1 atom stereocenters.